The average molecular weight is 318 g/mol. The van der Waals surface area contributed by atoms with Crippen molar-refractivity contribution in [3.05, 3.63) is 65.1 Å². The minimum absolute atomic E-state index is 0.484. The summed E-state index contributed by atoms with van der Waals surface area (Å²) in [6.07, 6.45) is 0. The number of halogens is 1. The van der Waals surface area contributed by atoms with Gasteiger partial charge in [-0.1, -0.05) is 41.9 Å². The minimum Gasteiger partial charge on any atom is -0.491 e. The predicted octanol–water partition coefficient (Wildman–Crippen LogP) is 4.73. The van der Waals surface area contributed by atoms with Crippen LogP contribution in [0.15, 0.2) is 52.9 Å². The van der Waals surface area contributed by atoms with Gasteiger partial charge in [-0.3, -0.25) is 0 Å². The summed E-state index contributed by atoms with van der Waals surface area (Å²) in [4.78, 5) is 0. The van der Waals surface area contributed by atoms with E-state index in [0.717, 1.165) is 22.3 Å². The molecular formula is C18H20ClNO2. The van der Waals surface area contributed by atoms with Crippen LogP contribution in [0.5, 0.6) is 5.75 Å². The molecule has 1 heterocycles. The summed E-state index contributed by atoms with van der Waals surface area (Å²) in [5, 5.41) is 2.78. The number of nitrogens with two attached hydrogens (primary N) is 1. The van der Waals surface area contributed by atoms with Crippen LogP contribution in [0.2, 0.25) is 5.02 Å². The Bertz CT molecular complexity index is 720. The molecule has 2 N–H and O–H groups in total. The molecule has 116 valence electrons. The summed E-state index contributed by atoms with van der Waals surface area (Å²) in [6.45, 7) is 4.85. The number of benzene rings is 2. The van der Waals surface area contributed by atoms with Gasteiger partial charge in [-0.15, -0.1) is 0 Å². The maximum atomic E-state index is 6.21. The molecule has 0 saturated heterocycles. The molecule has 0 bridgehead atoms. The molecule has 1 aromatic heterocycles. The zero-order valence-corrected chi connectivity index (χ0v) is 13.6. The van der Waals surface area contributed by atoms with Crippen LogP contribution in [-0.4, -0.2) is 13.2 Å². The van der Waals surface area contributed by atoms with Crippen LogP contribution in [0, 0.1) is 13.8 Å². The normalized spacial score (nSPS) is 10.2. The largest absolute Gasteiger partial charge is 0.491 e. The molecule has 0 spiro atoms. The van der Waals surface area contributed by atoms with Gasteiger partial charge < -0.3 is 14.9 Å². The van der Waals surface area contributed by atoms with Gasteiger partial charge in [0.25, 0.3) is 0 Å². The van der Waals surface area contributed by atoms with E-state index < -0.39 is 0 Å². The van der Waals surface area contributed by atoms with Gasteiger partial charge in [-0.25, -0.2) is 0 Å². The molecule has 4 heteroatoms. The molecule has 3 aromatic rings. The zero-order chi connectivity index (χ0) is 15.9. The molecule has 0 atom stereocenters. The van der Waals surface area contributed by atoms with E-state index in [-0.39, 0.29) is 0 Å². The second kappa shape index (κ2) is 7.87. The van der Waals surface area contributed by atoms with Crippen molar-refractivity contribution in [2.24, 2.45) is 5.73 Å². The molecule has 0 aliphatic carbocycles. The Morgan fingerprint density at radius 2 is 1.68 bits per heavy atom. The van der Waals surface area contributed by atoms with Crippen LogP contribution in [0.3, 0.4) is 0 Å². The van der Waals surface area contributed by atoms with E-state index in [1.807, 2.05) is 62.4 Å². The van der Waals surface area contributed by atoms with Crippen LogP contribution < -0.4 is 10.5 Å². The van der Waals surface area contributed by atoms with Crippen molar-refractivity contribution in [2.75, 3.05) is 13.2 Å². The molecule has 0 aliphatic heterocycles. The molecule has 2 aromatic carbocycles. The smallest absolute Gasteiger partial charge is 0.138 e. The summed E-state index contributed by atoms with van der Waals surface area (Å²) >= 11 is 6.21. The van der Waals surface area contributed by atoms with E-state index in [2.05, 4.69) is 0 Å². The van der Waals surface area contributed by atoms with E-state index in [0.29, 0.717) is 23.9 Å². The lowest BCUT2D eigenvalue weighted by atomic mass is 10.1. The third-order valence-corrected chi connectivity index (χ3v) is 3.47. The first-order valence-corrected chi connectivity index (χ1v) is 7.52. The monoisotopic (exact) mass is 317 g/mol. The first-order chi connectivity index (χ1) is 10.6. The van der Waals surface area contributed by atoms with Crippen LogP contribution in [0.4, 0.5) is 0 Å². The van der Waals surface area contributed by atoms with Gasteiger partial charge in [0, 0.05) is 11.9 Å². The summed E-state index contributed by atoms with van der Waals surface area (Å²) in [5.74, 6) is 2.66. The predicted molar refractivity (Wildman–Crippen MR) is 91.7 cm³/mol. The lowest BCUT2D eigenvalue weighted by Gasteiger charge is -2.08. The molecular weight excluding hydrogens is 298 g/mol. The number of hydrogen-bond donors (Lipinski definition) is 1. The fraction of sp³-hybridized carbons (Fsp3) is 0.222. The molecule has 0 amide bonds. The molecule has 0 unspecified atom stereocenters. The quantitative estimate of drug-likeness (QED) is 0.760. The SMILES string of the molecule is Cc1ccc(C)o1.NCCOc1ccc2ccccc2c1Cl. The molecule has 0 fully saturated rings. The first-order valence-electron chi connectivity index (χ1n) is 7.15. The third kappa shape index (κ3) is 4.26. The Hall–Kier alpha value is -1.97. The van der Waals surface area contributed by atoms with Gasteiger partial charge in [0.2, 0.25) is 0 Å². The zero-order valence-electron chi connectivity index (χ0n) is 12.8. The topological polar surface area (TPSA) is 48.4 Å². The van der Waals surface area contributed by atoms with E-state index in [9.17, 15) is 0 Å². The highest BCUT2D eigenvalue weighted by atomic mass is 35.5. The Kier molecular flexibility index (Phi) is 5.87. The van der Waals surface area contributed by atoms with Crippen LogP contribution in [-0.2, 0) is 0 Å². The Labute approximate surface area is 135 Å². The molecule has 0 saturated carbocycles. The second-order valence-corrected chi connectivity index (χ2v) is 5.27. The number of rotatable bonds is 3. The van der Waals surface area contributed by atoms with E-state index in [1.165, 1.54) is 0 Å². The average Bonchev–Trinajstić information content (AvgIpc) is 2.91. The van der Waals surface area contributed by atoms with Gasteiger partial charge >= 0.3 is 0 Å². The molecule has 3 nitrogen and oxygen atoms in total. The highest BCUT2D eigenvalue weighted by molar-refractivity contribution is 6.37. The fourth-order valence-corrected chi connectivity index (χ4v) is 2.34. The number of aryl methyl sites for hydroxylation is 2. The number of fused-ring (bicyclic) bond motifs is 1. The van der Waals surface area contributed by atoms with Crippen LogP contribution >= 0.6 is 11.6 Å². The maximum absolute atomic E-state index is 6.21. The van der Waals surface area contributed by atoms with Crippen molar-refractivity contribution in [1.29, 1.82) is 0 Å². The number of hydrogen-bond acceptors (Lipinski definition) is 3. The van der Waals surface area contributed by atoms with E-state index in [1.54, 1.807) is 0 Å². The van der Waals surface area contributed by atoms with Crippen molar-refractivity contribution in [2.45, 2.75) is 13.8 Å². The third-order valence-electron chi connectivity index (χ3n) is 3.08. The van der Waals surface area contributed by atoms with Gasteiger partial charge in [-0.05, 0) is 37.4 Å². The Morgan fingerprint density at radius 3 is 2.27 bits per heavy atom. The number of ether oxygens (including phenoxy) is 1. The summed E-state index contributed by atoms with van der Waals surface area (Å²) in [7, 11) is 0. The first kappa shape index (κ1) is 16.4. The lowest BCUT2D eigenvalue weighted by Crippen LogP contribution is -2.10. The molecule has 3 rings (SSSR count). The second-order valence-electron chi connectivity index (χ2n) is 4.89. The molecule has 22 heavy (non-hydrogen) atoms. The van der Waals surface area contributed by atoms with Crippen molar-refractivity contribution in [3.8, 4) is 5.75 Å². The molecule has 0 radical (unpaired) electrons. The van der Waals surface area contributed by atoms with Gasteiger partial charge in [0.05, 0.1) is 5.02 Å². The summed E-state index contributed by atoms with van der Waals surface area (Å²) in [6, 6.07) is 15.7. The lowest BCUT2D eigenvalue weighted by molar-refractivity contribution is 0.329. The number of furan rings is 1. The van der Waals surface area contributed by atoms with Crippen LogP contribution in [0.25, 0.3) is 10.8 Å². The molecule has 0 aliphatic rings. The Morgan fingerprint density at radius 1 is 1.00 bits per heavy atom. The Balaban J connectivity index is 0.000000211. The highest BCUT2D eigenvalue weighted by Gasteiger charge is 2.05. The highest BCUT2D eigenvalue weighted by Crippen LogP contribution is 2.32. The fourth-order valence-electron chi connectivity index (χ4n) is 2.05. The van der Waals surface area contributed by atoms with Gasteiger partial charge in [0.15, 0.2) is 0 Å². The minimum atomic E-state index is 0.484. The van der Waals surface area contributed by atoms with Crippen molar-refractivity contribution in [3.63, 3.8) is 0 Å². The summed E-state index contributed by atoms with van der Waals surface area (Å²) < 4.78 is 10.5. The van der Waals surface area contributed by atoms with Crippen LogP contribution in [0.1, 0.15) is 11.5 Å². The van der Waals surface area contributed by atoms with Crippen molar-refractivity contribution >= 4 is 22.4 Å². The van der Waals surface area contributed by atoms with Crippen molar-refractivity contribution in [1.82, 2.24) is 0 Å². The van der Waals surface area contributed by atoms with E-state index in [4.69, 9.17) is 26.5 Å². The maximum Gasteiger partial charge on any atom is 0.138 e. The van der Waals surface area contributed by atoms with Gasteiger partial charge in [0.1, 0.15) is 23.9 Å². The standard InChI is InChI=1S/C12H12ClNO.C6H8O/c13-12-10-4-2-1-3-9(10)5-6-11(12)15-8-7-14;1-5-3-4-6(2)7-5/h1-6H,7-8,14H2;3-4H,1-2H3. The van der Waals surface area contributed by atoms with Crippen molar-refractivity contribution < 1.29 is 9.15 Å². The summed E-state index contributed by atoms with van der Waals surface area (Å²) in [5.41, 5.74) is 5.37. The van der Waals surface area contributed by atoms with E-state index >= 15 is 0 Å². The van der Waals surface area contributed by atoms with Gasteiger partial charge in [-0.2, -0.15) is 0 Å².